The summed E-state index contributed by atoms with van der Waals surface area (Å²) >= 11 is 0. The van der Waals surface area contributed by atoms with E-state index in [-0.39, 0.29) is 0 Å². The minimum absolute atomic E-state index is 0.326. The van der Waals surface area contributed by atoms with E-state index in [1.807, 2.05) is 12.1 Å². The molecule has 1 aliphatic heterocycles. The Kier molecular flexibility index (Phi) is 8.92. The molecule has 192 valence electrons. The van der Waals surface area contributed by atoms with Crippen LogP contribution in [0.1, 0.15) is 77.2 Å². The number of anilines is 2. The van der Waals surface area contributed by atoms with Gasteiger partial charge in [0.1, 0.15) is 11.7 Å². The van der Waals surface area contributed by atoms with E-state index in [0.717, 1.165) is 68.0 Å². The molecule has 1 saturated carbocycles. The first-order chi connectivity index (χ1) is 17.0. The van der Waals surface area contributed by atoms with Crippen molar-refractivity contribution in [1.82, 2.24) is 30.9 Å². The number of hydrogen-bond acceptors (Lipinski definition) is 9. The van der Waals surface area contributed by atoms with Gasteiger partial charge in [-0.3, -0.25) is 0 Å². The van der Waals surface area contributed by atoms with Crippen LogP contribution < -0.4 is 21.5 Å². The number of aromatic nitrogens is 3. The molecule has 35 heavy (non-hydrogen) atoms. The van der Waals surface area contributed by atoms with Crippen LogP contribution in [-0.2, 0) is 6.54 Å². The third kappa shape index (κ3) is 7.63. The van der Waals surface area contributed by atoms with Gasteiger partial charge in [-0.05, 0) is 57.2 Å². The normalized spacial score (nSPS) is 19.0. The molecule has 3 heterocycles. The van der Waals surface area contributed by atoms with E-state index < -0.39 is 0 Å². The molecular weight excluding hydrogens is 442 g/mol. The Balaban J connectivity index is 1.41. The molecule has 2 aromatic heterocycles. The zero-order valence-electron chi connectivity index (χ0n) is 21.6. The SMILES string of the molecule is CCCN(CC)CCCNc1cc(N=C2CC(C3CC3)NN2)nc(NCc2cc(C(C)C)no2)n1. The van der Waals surface area contributed by atoms with Crippen LogP contribution >= 0.6 is 0 Å². The number of hydrazine groups is 1. The quantitative estimate of drug-likeness (QED) is 0.295. The van der Waals surface area contributed by atoms with Gasteiger partial charge in [-0.2, -0.15) is 9.97 Å². The Morgan fingerprint density at radius 3 is 2.74 bits per heavy atom. The minimum Gasteiger partial charge on any atom is -0.370 e. The maximum absolute atomic E-state index is 5.45. The molecule has 1 saturated heterocycles. The van der Waals surface area contributed by atoms with Crippen molar-refractivity contribution in [3.05, 3.63) is 23.6 Å². The van der Waals surface area contributed by atoms with E-state index in [9.17, 15) is 0 Å². The van der Waals surface area contributed by atoms with Crippen LogP contribution in [-0.4, -0.2) is 58.1 Å². The maximum atomic E-state index is 5.45. The molecule has 0 spiro atoms. The Morgan fingerprint density at radius 2 is 2.03 bits per heavy atom. The van der Waals surface area contributed by atoms with Gasteiger partial charge in [-0.1, -0.05) is 32.9 Å². The highest BCUT2D eigenvalue weighted by molar-refractivity contribution is 5.86. The molecule has 4 rings (SSSR count). The highest BCUT2D eigenvalue weighted by atomic mass is 16.5. The van der Waals surface area contributed by atoms with Gasteiger partial charge >= 0.3 is 0 Å². The predicted octanol–water partition coefficient (Wildman–Crippen LogP) is 4.04. The number of nitrogens with one attached hydrogen (secondary N) is 4. The molecule has 10 nitrogen and oxygen atoms in total. The molecule has 0 radical (unpaired) electrons. The van der Waals surface area contributed by atoms with Gasteiger partial charge in [0.15, 0.2) is 11.6 Å². The van der Waals surface area contributed by atoms with Crippen molar-refractivity contribution in [2.45, 2.75) is 78.3 Å². The number of rotatable bonds is 14. The van der Waals surface area contributed by atoms with E-state index in [1.165, 1.54) is 19.3 Å². The van der Waals surface area contributed by atoms with Crippen LogP contribution in [0.15, 0.2) is 21.6 Å². The predicted molar refractivity (Wildman–Crippen MR) is 140 cm³/mol. The average Bonchev–Trinajstić information content (AvgIpc) is 3.39. The second-order valence-corrected chi connectivity index (χ2v) is 9.85. The third-order valence-corrected chi connectivity index (χ3v) is 6.50. The highest BCUT2D eigenvalue weighted by Crippen LogP contribution is 2.35. The monoisotopic (exact) mass is 483 g/mol. The molecule has 2 aromatic rings. The fourth-order valence-electron chi connectivity index (χ4n) is 4.26. The lowest BCUT2D eigenvalue weighted by Gasteiger charge is -2.19. The van der Waals surface area contributed by atoms with Crippen molar-refractivity contribution in [2.75, 3.05) is 36.8 Å². The summed E-state index contributed by atoms with van der Waals surface area (Å²) in [6.07, 6.45) is 5.74. The van der Waals surface area contributed by atoms with Crippen molar-refractivity contribution in [3.63, 3.8) is 0 Å². The largest absolute Gasteiger partial charge is 0.370 e. The van der Waals surface area contributed by atoms with Crippen LogP contribution in [0, 0.1) is 5.92 Å². The van der Waals surface area contributed by atoms with Crippen LogP contribution in [0.4, 0.5) is 17.6 Å². The van der Waals surface area contributed by atoms with Gasteiger partial charge in [-0.15, -0.1) is 0 Å². The summed E-state index contributed by atoms with van der Waals surface area (Å²) in [4.78, 5) is 16.6. The van der Waals surface area contributed by atoms with Gasteiger partial charge in [-0.25, -0.2) is 10.4 Å². The first kappa shape index (κ1) is 25.4. The van der Waals surface area contributed by atoms with E-state index in [1.54, 1.807) is 0 Å². The van der Waals surface area contributed by atoms with E-state index in [0.29, 0.717) is 30.3 Å². The van der Waals surface area contributed by atoms with E-state index in [2.05, 4.69) is 69.2 Å². The molecule has 0 amide bonds. The van der Waals surface area contributed by atoms with Crippen LogP contribution in [0.25, 0.3) is 0 Å². The molecule has 1 unspecified atom stereocenters. The Bertz CT molecular complexity index is 970. The number of amidine groups is 1. The summed E-state index contributed by atoms with van der Waals surface area (Å²) in [7, 11) is 0. The molecule has 4 N–H and O–H groups in total. The molecule has 0 bridgehead atoms. The maximum Gasteiger partial charge on any atom is 0.227 e. The average molecular weight is 484 g/mol. The second-order valence-electron chi connectivity index (χ2n) is 9.85. The van der Waals surface area contributed by atoms with Crippen molar-refractivity contribution < 1.29 is 4.52 Å². The van der Waals surface area contributed by atoms with Crippen LogP contribution in [0.2, 0.25) is 0 Å². The zero-order chi connectivity index (χ0) is 24.6. The van der Waals surface area contributed by atoms with Gasteiger partial charge in [0, 0.05) is 31.1 Å². The van der Waals surface area contributed by atoms with Crippen LogP contribution in [0.5, 0.6) is 0 Å². The molecule has 1 aliphatic carbocycles. The Hall–Kier alpha value is -2.72. The Labute approximate surface area is 208 Å². The molecule has 2 aliphatic rings. The second kappa shape index (κ2) is 12.3. The summed E-state index contributed by atoms with van der Waals surface area (Å²) in [5.41, 5.74) is 7.55. The molecule has 0 aromatic carbocycles. The summed E-state index contributed by atoms with van der Waals surface area (Å²) in [5.74, 6) is 4.69. The lowest BCUT2D eigenvalue weighted by Crippen LogP contribution is -2.32. The molecule has 1 atom stereocenters. The standard InChI is InChI=1S/C25H41N9O/c1-5-11-34(6-2)12-7-10-26-22-15-23(28-24-14-21(31-32-24)18-8-9-18)30-25(29-22)27-16-19-13-20(17(3)4)33-35-19/h13,15,17-18,21,31H,5-12,14,16H2,1-4H3,(H3,26,27,28,29,30,32). The highest BCUT2D eigenvalue weighted by Gasteiger charge is 2.35. The molecule has 2 fully saturated rings. The minimum atomic E-state index is 0.326. The van der Waals surface area contributed by atoms with Crippen molar-refractivity contribution >= 4 is 23.4 Å². The first-order valence-electron chi connectivity index (χ1n) is 13.2. The lowest BCUT2D eigenvalue weighted by atomic mass is 10.1. The van der Waals surface area contributed by atoms with Crippen LogP contribution in [0.3, 0.4) is 0 Å². The fraction of sp³-hybridized carbons (Fsp3) is 0.680. The summed E-state index contributed by atoms with van der Waals surface area (Å²) in [6.45, 7) is 13.2. The lowest BCUT2D eigenvalue weighted by molar-refractivity contribution is 0.288. The van der Waals surface area contributed by atoms with Gasteiger partial charge in [0.2, 0.25) is 5.95 Å². The third-order valence-electron chi connectivity index (χ3n) is 6.50. The zero-order valence-corrected chi connectivity index (χ0v) is 21.6. The molecular formula is C25H41N9O. The van der Waals surface area contributed by atoms with Gasteiger partial charge < -0.3 is 25.5 Å². The smallest absolute Gasteiger partial charge is 0.227 e. The summed E-state index contributed by atoms with van der Waals surface area (Å²) in [6, 6.07) is 4.36. The topological polar surface area (TPSA) is 116 Å². The van der Waals surface area contributed by atoms with Crippen molar-refractivity contribution in [1.29, 1.82) is 0 Å². The van der Waals surface area contributed by atoms with Crippen molar-refractivity contribution in [3.8, 4) is 0 Å². The number of hydrogen-bond donors (Lipinski definition) is 4. The van der Waals surface area contributed by atoms with Crippen molar-refractivity contribution in [2.24, 2.45) is 10.9 Å². The number of aliphatic imine (C=N–C) groups is 1. The fourth-order valence-corrected chi connectivity index (χ4v) is 4.26. The van der Waals surface area contributed by atoms with E-state index in [4.69, 9.17) is 9.52 Å². The van der Waals surface area contributed by atoms with Gasteiger partial charge in [0.25, 0.3) is 0 Å². The first-order valence-corrected chi connectivity index (χ1v) is 13.2. The summed E-state index contributed by atoms with van der Waals surface area (Å²) in [5, 5.41) is 10.9. The summed E-state index contributed by atoms with van der Waals surface area (Å²) < 4.78 is 5.45. The van der Waals surface area contributed by atoms with E-state index >= 15 is 0 Å². The Morgan fingerprint density at radius 1 is 1.17 bits per heavy atom. The molecule has 10 heteroatoms. The van der Waals surface area contributed by atoms with Gasteiger partial charge in [0.05, 0.1) is 12.2 Å². The number of nitrogens with zero attached hydrogens (tertiary/aromatic N) is 5.